The zero-order valence-electron chi connectivity index (χ0n) is 9.48. The van der Waals surface area contributed by atoms with Crippen molar-refractivity contribution in [1.29, 1.82) is 5.26 Å². The molecule has 0 spiro atoms. The van der Waals surface area contributed by atoms with Crippen LogP contribution >= 0.6 is 11.6 Å². The molecule has 0 unspecified atom stereocenters. The van der Waals surface area contributed by atoms with Gasteiger partial charge in [-0.05, 0) is 11.6 Å². The molecule has 1 aromatic rings. The largest absolute Gasteiger partial charge is 0.314 e. The van der Waals surface area contributed by atoms with E-state index in [1.54, 1.807) is 17.0 Å². The lowest BCUT2D eigenvalue weighted by atomic mass is 10.1. The monoisotopic (exact) mass is 259 g/mol. The lowest BCUT2D eigenvalue weighted by Gasteiger charge is -2.29. The van der Waals surface area contributed by atoms with Gasteiger partial charge in [-0.1, -0.05) is 36.4 Å². The highest BCUT2D eigenvalue weighted by atomic mass is 35.5. The van der Waals surface area contributed by atoms with Gasteiger partial charge in [0.05, 0.1) is 18.2 Å². The Morgan fingerprint density at radius 3 is 2.83 bits per heavy atom. The number of carbonyl (C=O) groups is 1. The molecule has 1 aliphatic rings. The summed E-state index contributed by atoms with van der Waals surface area (Å²) in [6.45, 7) is 4.12. The van der Waals surface area contributed by atoms with Gasteiger partial charge in [-0.25, -0.2) is 0 Å². The van der Waals surface area contributed by atoms with Crippen molar-refractivity contribution in [1.82, 2.24) is 10.2 Å². The van der Waals surface area contributed by atoms with Crippen LogP contribution in [0.15, 0.2) is 47.9 Å². The fraction of sp³-hybridized carbons (Fsp3) is 0.0769. The summed E-state index contributed by atoms with van der Waals surface area (Å²) in [6, 6.07) is 9.34. The highest BCUT2D eigenvalue weighted by Gasteiger charge is 2.20. The molecule has 0 bridgehead atoms. The number of carbonyl (C=O) groups excluding carboxylic acids is 1. The fourth-order valence-electron chi connectivity index (χ4n) is 1.67. The average Bonchev–Trinajstić information content (AvgIpc) is 2.34. The Morgan fingerprint density at radius 2 is 2.17 bits per heavy atom. The van der Waals surface area contributed by atoms with Crippen molar-refractivity contribution in [2.24, 2.45) is 0 Å². The first-order valence-corrected chi connectivity index (χ1v) is 5.62. The highest BCUT2D eigenvalue weighted by molar-refractivity contribution is 6.31. The first-order chi connectivity index (χ1) is 8.61. The maximum Gasteiger partial charge on any atom is 0.252 e. The van der Waals surface area contributed by atoms with Gasteiger partial charge >= 0.3 is 0 Å². The second-order valence-corrected chi connectivity index (χ2v) is 4.15. The second kappa shape index (κ2) is 4.94. The standard InChI is InChI=1S/C13H10ClN3O/c1-9-16-13(18)6-12(14)17(9)8-11-5-3-2-4-10(11)7-15/h2-6H,1,8H2,(H,16,18). The van der Waals surface area contributed by atoms with Gasteiger partial charge in [-0.3, -0.25) is 4.79 Å². The van der Waals surface area contributed by atoms with E-state index in [2.05, 4.69) is 18.0 Å². The molecule has 90 valence electrons. The molecule has 0 saturated carbocycles. The van der Waals surface area contributed by atoms with E-state index in [4.69, 9.17) is 16.9 Å². The van der Waals surface area contributed by atoms with Crippen molar-refractivity contribution in [3.63, 3.8) is 0 Å². The molecule has 1 amide bonds. The van der Waals surface area contributed by atoms with Crippen molar-refractivity contribution < 1.29 is 4.79 Å². The van der Waals surface area contributed by atoms with Crippen LogP contribution in [0.3, 0.4) is 0 Å². The molecule has 1 heterocycles. The van der Waals surface area contributed by atoms with Crippen molar-refractivity contribution in [2.75, 3.05) is 0 Å². The predicted molar refractivity (Wildman–Crippen MR) is 67.9 cm³/mol. The van der Waals surface area contributed by atoms with E-state index in [9.17, 15) is 4.79 Å². The second-order valence-electron chi connectivity index (χ2n) is 3.76. The van der Waals surface area contributed by atoms with E-state index >= 15 is 0 Å². The van der Waals surface area contributed by atoms with Gasteiger partial charge in [0.1, 0.15) is 11.0 Å². The minimum Gasteiger partial charge on any atom is -0.314 e. The van der Waals surface area contributed by atoms with Crippen molar-refractivity contribution >= 4 is 17.5 Å². The van der Waals surface area contributed by atoms with Crippen LogP contribution in [-0.2, 0) is 11.3 Å². The average molecular weight is 260 g/mol. The maximum absolute atomic E-state index is 11.2. The summed E-state index contributed by atoms with van der Waals surface area (Å²) in [5, 5.41) is 11.9. The van der Waals surface area contributed by atoms with Crippen molar-refractivity contribution in [3.8, 4) is 6.07 Å². The minimum atomic E-state index is -0.296. The smallest absolute Gasteiger partial charge is 0.252 e. The molecule has 0 radical (unpaired) electrons. The molecule has 18 heavy (non-hydrogen) atoms. The third-order valence-corrected chi connectivity index (χ3v) is 2.88. The van der Waals surface area contributed by atoms with Gasteiger partial charge in [-0.15, -0.1) is 0 Å². The summed E-state index contributed by atoms with van der Waals surface area (Å²) in [7, 11) is 0. The molecule has 1 aromatic carbocycles. The molecule has 5 heteroatoms. The number of nitrogens with zero attached hydrogens (tertiary/aromatic N) is 2. The van der Waals surface area contributed by atoms with Gasteiger partial charge in [0, 0.05) is 6.08 Å². The van der Waals surface area contributed by atoms with Gasteiger partial charge in [0.2, 0.25) is 0 Å². The van der Waals surface area contributed by atoms with E-state index in [0.717, 1.165) is 5.56 Å². The molecule has 0 aromatic heterocycles. The molecule has 0 fully saturated rings. The number of hydrogen-bond donors (Lipinski definition) is 1. The summed E-state index contributed by atoms with van der Waals surface area (Å²) < 4.78 is 0. The van der Waals surface area contributed by atoms with E-state index in [0.29, 0.717) is 17.9 Å². The maximum atomic E-state index is 11.2. The first-order valence-electron chi connectivity index (χ1n) is 5.24. The van der Waals surface area contributed by atoms with E-state index in [1.807, 2.05) is 12.1 Å². The van der Waals surface area contributed by atoms with E-state index < -0.39 is 0 Å². The van der Waals surface area contributed by atoms with Crippen LogP contribution in [0.25, 0.3) is 0 Å². The van der Waals surface area contributed by atoms with Crippen LogP contribution in [0.4, 0.5) is 0 Å². The Hall–Kier alpha value is -2.25. The Labute approximate surface area is 110 Å². The summed E-state index contributed by atoms with van der Waals surface area (Å²) in [5.41, 5.74) is 1.40. The number of nitriles is 1. The normalized spacial score (nSPS) is 14.9. The molecular formula is C13H10ClN3O. The predicted octanol–water partition coefficient (Wildman–Crippen LogP) is 2.04. The number of rotatable bonds is 2. The number of halogens is 1. The van der Waals surface area contributed by atoms with Gasteiger partial charge < -0.3 is 10.2 Å². The molecule has 0 saturated heterocycles. The van der Waals surface area contributed by atoms with Crippen LogP contribution < -0.4 is 5.32 Å². The van der Waals surface area contributed by atoms with E-state index in [-0.39, 0.29) is 11.1 Å². The molecular weight excluding hydrogens is 250 g/mol. The van der Waals surface area contributed by atoms with Crippen molar-refractivity contribution in [3.05, 3.63) is 59.0 Å². The summed E-state index contributed by atoms with van der Waals surface area (Å²) in [4.78, 5) is 12.8. The Morgan fingerprint density at radius 1 is 1.44 bits per heavy atom. The molecule has 0 aliphatic carbocycles. The molecule has 1 aliphatic heterocycles. The van der Waals surface area contributed by atoms with Crippen LogP contribution in [0.2, 0.25) is 0 Å². The van der Waals surface area contributed by atoms with Gasteiger partial charge in [0.15, 0.2) is 0 Å². The number of hydrogen-bond acceptors (Lipinski definition) is 3. The zero-order chi connectivity index (χ0) is 13.1. The first kappa shape index (κ1) is 12.2. The van der Waals surface area contributed by atoms with Gasteiger partial charge in [-0.2, -0.15) is 5.26 Å². The number of amides is 1. The van der Waals surface area contributed by atoms with Crippen LogP contribution in [-0.4, -0.2) is 10.8 Å². The Bertz CT molecular complexity index is 586. The fourth-order valence-corrected chi connectivity index (χ4v) is 1.93. The van der Waals surface area contributed by atoms with Crippen LogP contribution in [0.5, 0.6) is 0 Å². The summed E-state index contributed by atoms with van der Waals surface area (Å²) in [6.07, 6.45) is 1.28. The molecule has 4 nitrogen and oxygen atoms in total. The minimum absolute atomic E-state index is 0.288. The van der Waals surface area contributed by atoms with Crippen LogP contribution in [0, 0.1) is 11.3 Å². The topological polar surface area (TPSA) is 56.1 Å². The van der Waals surface area contributed by atoms with Gasteiger partial charge in [0.25, 0.3) is 5.91 Å². The Balaban J connectivity index is 2.29. The highest BCUT2D eigenvalue weighted by Crippen LogP contribution is 2.22. The zero-order valence-corrected chi connectivity index (χ0v) is 10.2. The van der Waals surface area contributed by atoms with Crippen molar-refractivity contribution in [2.45, 2.75) is 6.54 Å². The molecule has 2 rings (SSSR count). The number of benzene rings is 1. The summed E-state index contributed by atoms with van der Waals surface area (Å²) in [5.74, 6) is 0.107. The third kappa shape index (κ3) is 2.36. The summed E-state index contributed by atoms with van der Waals surface area (Å²) >= 11 is 6.00. The lowest BCUT2D eigenvalue weighted by Crippen LogP contribution is -2.36. The Kier molecular flexibility index (Phi) is 3.35. The van der Waals surface area contributed by atoms with Crippen LogP contribution in [0.1, 0.15) is 11.1 Å². The number of nitrogens with one attached hydrogen (secondary N) is 1. The lowest BCUT2D eigenvalue weighted by molar-refractivity contribution is -0.116. The third-order valence-electron chi connectivity index (χ3n) is 2.57. The molecule has 1 N–H and O–H groups in total. The van der Waals surface area contributed by atoms with E-state index in [1.165, 1.54) is 6.08 Å². The SMILES string of the molecule is C=C1NC(=O)C=C(Cl)N1Cc1ccccc1C#N. The quantitative estimate of drug-likeness (QED) is 0.827. The molecule has 0 atom stereocenters.